The van der Waals surface area contributed by atoms with Gasteiger partial charge in [-0.3, -0.25) is 19.1 Å². The highest BCUT2D eigenvalue weighted by Crippen LogP contribution is 2.34. The Morgan fingerprint density at radius 2 is 1.77 bits per heavy atom. The summed E-state index contributed by atoms with van der Waals surface area (Å²) < 4.78 is 7.40. The van der Waals surface area contributed by atoms with Crippen molar-refractivity contribution in [1.29, 1.82) is 0 Å². The van der Waals surface area contributed by atoms with E-state index < -0.39 is 6.04 Å². The summed E-state index contributed by atoms with van der Waals surface area (Å²) in [5.74, 6) is 0.666. The van der Waals surface area contributed by atoms with Crippen molar-refractivity contribution in [2.45, 2.75) is 19.4 Å². The van der Waals surface area contributed by atoms with Crippen molar-refractivity contribution in [2.24, 2.45) is 4.99 Å². The third kappa shape index (κ3) is 6.68. The number of carbonyl (C=O) groups excluding carboxylic acids is 2. The highest BCUT2D eigenvalue weighted by Gasteiger charge is 2.30. The highest BCUT2D eigenvalue weighted by atomic mass is 35.5. The molecule has 43 heavy (non-hydrogen) atoms. The van der Waals surface area contributed by atoms with Crippen LogP contribution in [-0.4, -0.2) is 62.7 Å². The Morgan fingerprint density at radius 1 is 1.00 bits per heavy atom. The molecule has 0 aliphatic carbocycles. The average molecular weight is 601 g/mol. The van der Waals surface area contributed by atoms with E-state index in [2.05, 4.69) is 20.8 Å². The van der Waals surface area contributed by atoms with E-state index in [0.29, 0.717) is 33.7 Å². The Bertz CT molecular complexity index is 1730. The number of fused-ring (bicyclic) bond motifs is 3. The monoisotopic (exact) mass is 600 g/mol. The summed E-state index contributed by atoms with van der Waals surface area (Å²) in [6.45, 7) is 2.23. The number of ether oxygens (including phenoxy) is 1. The quantitative estimate of drug-likeness (QED) is 0.129. The van der Waals surface area contributed by atoms with Crippen LogP contribution in [-0.2, 0) is 9.59 Å². The molecular formula is C31H29ClN6O5. The smallest absolute Gasteiger partial charge is 0.244 e. The first kappa shape index (κ1) is 29.3. The third-order valence-corrected chi connectivity index (χ3v) is 7.05. The van der Waals surface area contributed by atoms with Crippen molar-refractivity contribution in [2.75, 3.05) is 20.2 Å². The maximum absolute atomic E-state index is 13.1. The number of hydrogen-bond donors (Lipinski definition) is 4. The molecule has 2 amide bonds. The second-order valence-corrected chi connectivity index (χ2v) is 10.2. The second-order valence-electron chi connectivity index (χ2n) is 9.75. The minimum absolute atomic E-state index is 0.00145. The summed E-state index contributed by atoms with van der Waals surface area (Å²) in [5, 5.41) is 33.8. The van der Waals surface area contributed by atoms with E-state index in [1.54, 1.807) is 25.3 Å². The summed E-state index contributed by atoms with van der Waals surface area (Å²) in [5.41, 5.74) is 3.64. The number of benzene rings is 3. The minimum atomic E-state index is -0.649. The molecule has 1 aromatic heterocycles. The van der Waals surface area contributed by atoms with Gasteiger partial charge in [0.1, 0.15) is 17.6 Å². The van der Waals surface area contributed by atoms with Gasteiger partial charge < -0.3 is 25.6 Å². The van der Waals surface area contributed by atoms with Gasteiger partial charge in [-0.2, -0.15) is 0 Å². The number of aliphatic imine (C=N–C) groups is 1. The van der Waals surface area contributed by atoms with Gasteiger partial charge in [-0.25, -0.2) is 0 Å². The van der Waals surface area contributed by atoms with Crippen molar-refractivity contribution in [3.8, 4) is 22.9 Å². The van der Waals surface area contributed by atoms with Crippen LogP contribution in [0.25, 0.3) is 11.8 Å². The fourth-order valence-electron chi connectivity index (χ4n) is 4.69. The van der Waals surface area contributed by atoms with E-state index in [1.165, 1.54) is 24.3 Å². The maximum Gasteiger partial charge on any atom is 0.244 e. The number of rotatable bonds is 9. The van der Waals surface area contributed by atoms with Crippen LogP contribution < -0.4 is 15.4 Å². The lowest BCUT2D eigenvalue weighted by molar-refractivity contribution is -0.122. The molecule has 220 valence electrons. The van der Waals surface area contributed by atoms with Gasteiger partial charge in [0.2, 0.25) is 11.8 Å². The van der Waals surface area contributed by atoms with E-state index in [4.69, 9.17) is 21.3 Å². The molecule has 4 N–H and O–H groups in total. The number of carbonyl (C=O) groups is 2. The van der Waals surface area contributed by atoms with E-state index >= 15 is 0 Å². The van der Waals surface area contributed by atoms with Crippen LogP contribution >= 0.6 is 11.6 Å². The molecule has 0 bridgehead atoms. The maximum atomic E-state index is 13.1. The molecule has 5 rings (SSSR count). The number of phenols is 2. The molecule has 0 saturated carbocycles. The van der Waals surface area contributed by atoms with E-state index in [1.807, 2.05) is 41.8 Å². The Kier molecular flexibility index (Phi) is 8.72. The SMILES string of the molecule is COc1ccc2c(c1)C(c1ccc(Cl)cc1)=NC(CC(=O)NCCNC(=O)C=Cc1ccc(O)c(O)c1)c1nnc(C)n1-2. The van der Waals surface area contributed by atoms with Gasteiger partial charge in [-0.15, -0.1) is 10.2 Å². The lowest BCUT2D eigenvalue weighted by Crippen LogP contribution is -2.34. The van der Waals surface area contributed by atoms with Crippen LogP contribution in [0.3, 0.4) is 0 Å². The zero-order chi connectivity index (χ0) is 30.5. The molecule has 11 nitrogen and oxygen atoms in total. The van der Waals surface area contributed by atoms with Crippen LogP contribution in [0.2, 0.25) is 5.02 Å². The standard InChI is InChI=1S/C31H29ClN6O5/c1-18-36-37-31-24(17-29(42)34-14-13-33-28(41)12-4-19-3-11-26(39)27(40)15-19)35-30(20-5-7-21(32)8-6-20)23-16-22(43-2)9-10-25(23)38(18)31/h3-12,15-16,24,39-40H,13-14,17H2,1-2H3,(H,33,41)(H,34,42). The summed E-state index contributed by atoms with van der Waals surface area (Å²) in [6, 6.07) is 16.6. The van der Waals surface area contributed by atoms with Gasteiger partial charge in [-0.05, 0) is 61.0 Å². The minimum Gasteiger partial charge on any atom is -0.504 e. The highest BCUT2D eigenvalue weighted by molar-refractivity contribution is 6.30. The normalized spacial score (nSPS) is 13.9. The topological polar surface area (TPSA) is 151 Å². The predicted octanol–water partition coefficient (Wildman–Crippen LogP) is 3.88. The van der Waals surface area contributed by atoms with E-state index in [9.17, 15) is 19.8 Å². The van der Waals surface area contributed by atoms with Gasteiger partial charge >= 0.3 is 0 Å². The number of hydrogen-bond acceptors (Lipinski definition) is 8. The predicted molar refractivity (Wildman–Crippen MR) is 162 cm³/mol. The molecule has 3 aromatic carbocycles. The number of halogens is 1. The van der Waals surface area contributed by atoms with Crippen molar-refractivity contribution in [1.82, 2.24) is 25.4 Å². The number of aromatic nitrogens is 3. The first-order valence-electron chi connectivity index (χ1n) is 13.4. The first-order chi connectivity index (χ1) is 20.7. The van der Waals surface area contributed by atoms with Crippen LogP contribution in [0.5, 0.6) is 17.2 Å². The van der Waals surface area contributed by atoms with Crippen molar-refractivity contribution in [3.05, 3.63) is 100 Å². The number of amides is 2. The summed E-state index contributed by atoms with van der Waals surface area (Å²) >= 11 is 6.16. The average Bonchev–Trinajstić information content (AvgIpc) is 3.32. The zero-order valence-electron chi connectivity index (χ0n) is 23.4. The van der Waals surface area contributed by atoms with Crippen molar-refractivity contribution < 1.29 is 24.5 Å². The van der Waals surface area contributed by atoms with Gasteiger partial charge in [-0.1, -0.05) is 29.8 Å². The van der Waals surface area contributed by atoms with Crippen LogP contribution in [0.4, 0.5) is 0 Å². The Hall–Kier alpha value is -5.16. The van der Waals surface area contributed by atoms with Crippen molar-refractivity contribution >= 4 is 35.2 Å². The Morgan fingerprint density at radius 3 is 2.51 bits per heavy atom. The molecule has 1 aliphatic heterocycles. The molecule has 0 fully saturated rings. The van der Waals surface area contributed by atoms with Gasteiger partial charge in [0.25, 0.3) is 0 Å². The Balaban J connectivity index is 1.30. The molecule has 1 unspecified atom stereocenters. The molecule has 2 heterocycles. The fourth-order valence-corrected chi connectivity index (χ4v) is 4.81. The van der Waals surface area contributed by atoms with Gasteiger partial charge in [0, 0.05) is 35.3 Å². The number of methoxy groups -OCH3 is 1. The molecule has 12 heteroatoms. The largest absolute Gasteiger partial charge is 0.504 e. The summed E-state index contributed by atoms with van der Waals surface area (Å²) in [7, 11) is 1.60. The van der Waals surface area contributed by atoms with Gasteiger partial charge in [0.15, 0.2) is 17.3 Å². The van der Waals surface area contributed by atoms with Crippen molar-refractivity contribution in [3.63, 3.8) is 0 Å². The molecule has 1 aliphatic rings. The molecule has 1 atom stereocenters. The van der Waals surface area contributed by atoms with Crippen LogP contribution in [0.1, 0.15) is 40.8 Å². The second kappa shape index (κ2) is 12.8. The lowest BCUT2D eigenvalue weighted by Gasteiger charge is -2.14. The number of nitrogens with zero attached hydrogens (tertiary/aromatic N) is 4. The molecule has 4 aromatic rings. The van der Waals surface area contributed by atoms with Gasteiger partial charge in [0.05, 0.1) is 24.9 Å². The third-order valence-electron chi connectivity index (χ3n) is 6.80. The summed E-state index contributed by atoms with van der Waals surface area (Å²) in [4.78, 5) is 30.3. The zero-order valence-corrected chi connectivity index (χ0v) is 24.2. The fraction of sp³-hybridized carbons (Fsp3) is 0.194. The molecule has 0 saturated heterocycles. The lowest BCUT2D eigenvalue weighted by atomic mass is 10.00. The first-order valence-corrected chi connectivity index (χ1v) is 13.8. The molecular weight excluding hydrogens is 572 g/mol. The van der Waals surface area contributed by atoms with E-state index in [-0.39, 0.29) is 42.8 Å². The Labute approximate surface area is 252 Å². The number of nitrogens with one attached hydrogen (secondary N) is 2. The van der Waals surface area contributed by atoms with Crippen LogP contribution in [0, 0.1) is 6.92 Å². The van der Waals surface area contributed by atoms with E-state index in [0.717, 1.165) is 16.8 Å². The van der Waals surface area contributed by atoms with Crippen LogP contribution in [0.15, 0.2) is 71.7 Å². The summed E-state index contributed by atoms with van der Waals surface area (Å²) in [6.07, 6.45) is 2.80. The number of aromatic hydroxyl groups is 2. The molecule has 0 spiro atoms. The number of aryl methyl sites for hydroxylation is 1. The molecule has 0 radical (unpaired) electrons. The number of phenolic OH excluding ortho intramolecular Hbond substituents is 2.